The Bertz CT molecular complexity index is 616. The summed E-state index contributed by atoms with van der Waals surface area (Å²) in [5, 5.41) is 0.783. The topological polar surface area (TPSA) is 9.23 Å². The first kappa shape index (κ1) is 14.2. The van der Waals surface area contributed by atoms with Gasteiger partial charge in [-0.05, 0) is 30.2 Å². The van der Waals surface area contributed by atoms with E-state index in [2.05, 4.69) is 37.3 Å². The van der Waals surface area contributed by atoms with Crippen LogP contribution in [0.2, 0.25) is 5.02 Å². The van der Waals surface area contributed by atoms with Crippen LogP contribution in [0.15, 0.2) is 60.7 Å². The normalized spacial score (nSPS) is 21.5. The third kappa shape index (κ3) is 3.14. The van der Waals surface area contributed by atoms with Gasteiger partial charge >= 0.3 is 0 Å². The van der Waals surface area contributed by atoms with Gasteiger partial charge in [0.1, 0.15) is 5.76 Å². The van der Waals surface area contributed by atoms with Crippen LogP contribution in [0.25, 0.3) is 5.76 Å². The summed E-state index contributed by atoms with van der Waals surface area (Å²) in [5.74, 6) is 1.88. The van der Waals surface area contributed by atoms with Gasteiger partial charge in [-0.1, -0.05) is 61.0 Å². The van der Waals surface area contributed by atoms with E-state index in [0.717, 1.165) is 29.4 Å². The second-order valence-corrected chi connectivity index (χ2v) is 5.89. The molecule has 0 radical (unpaired) electrons. The molecular weight excluding hydrogens is 280 g/mol. The molecule has 2 heteroatoms. The Morgan fingerprint density at radius 1 is 1.05 bits per heavy atom. The first-order valence-electron chi connectivity index (χ1n) is 7.43. The van der Waals surface area contributed by atoms with Crippen molar-refractivity contribution in [2.75, 3.05) is 6.61 Å². The summed E-state index contributed by atoms with van der Waals surface area (Å²) in [6.45, 7) is 2.99. The van der Waals surface area contributed by atoms with E-state index in [1.54, 1.807) is 0 Å². The minimum atomic E-state index is 0.385. The van der Waals surface area contributed by atoms with Gasteiger partial charge in [0.25, 0.3) is 0 Å². The number of hydrogen-bond donors (Lipinski definition) is 0. The molecule has 0 aromatic heterocycles. The molecule has 0 N–H and O–H groups in total. The molecule has 2 aromatic rings. The van der Waals surface area contributed by atoms with Crippen molar-refractivity contribution in [2.24, 2.45) is 5.92 Å². The quantitative estimate of drug-likeness (QED) is 0.725. The van der Waals surface area contributed by atoms with Gasteiger partial charge in [0.2, 0.25) is 0 Å². The fourth-order valence-corrected chi connectivity index (χ4v) is 2.98. The number of allylic oxidation sites excluding steroid dienone is 1. The molecule has 3 rings (SSSR count). The molecule has 1 nitrogen and oxygen atoms in total. The predicted octanol–water partition coefficient (Wildman–Crippen LogP) is 5.52. The van der Waals surface area contributed by atoms with Crippen LogP contribution in [-0.2, 0) is 4.74 Å². The lowest BCUT2D eigenvalue weighted by molar-refractivity contribution is 0.183. The summed E-state index contributed by atoms with van der Waals surface area (Å²) in [5.41, 5.74) is 2.45. The second-order valence-electron chi connectivity index (χ2n) is 5.45. The minimum Gasteiger partial charge on any atom is -0.493 e. The Labute approximate surface area is 131 Å². The van der Waals surface area contributed by atoms with Crippen molar-refractivity contribution < 1.29 is 4.74 Å². The molecule has 0 amide bonds. The molecule has 1 aliphatic heterocycles. The molecule has 0 aliphatic carbocycles. The van der Waals surface area contributed by atoms with Crippen LogP contribution in [-0.4, -0.2) is 6.61 Å². The Balaban J connectivity index is 1.96. The summed E-state index contributed by atoms with van der Waals surface area (Å²) in [4.78, 5) is 0. The van der Waals surface area contributed by atoms with Crippen LogP contribution in [0.4, 0.5) is 0 Å². The zero-order valence-electron chi connectivity index (χ0n) is 12.1. The zero-order chi connectivity index (χ0) is 14.7. The maximum atomic E-state index is 6.01. The SMILES string of the molecule is CC[C@@H]1COC(c2ccccc2)=C[C@H]1c1ccc(Cl)cc1. The van der Waals surface area contributed by atoms with Crippen LogP contribution in [0, 0.1) is 5.92 Å². The molecule has 0 fully saturated rings. The van der Waals surface area contributed by atoms with Crippen LogP contribution in [0.3, 0.4) is 0 Å². The van der Waals surface area contributed by atoms with Crippen molar-refractivity contribution in [3.05, 3.63) is 76.8 Å². The summed E-state index contributed by atoms with van der Waals surface area (Å²) < 4.78 is 5.98. The highest BCUT2D eigenvalue weighted by atomic mass is 35.5. The molecule has 1 heterocycles. The molecule has 0 saturated heterocycles. The third-order valence-electron chi connectivity index (χ3n) is 4.13. The van der Waals surface area contributed by atoms with Crippen molar-refractivity contribution >= 4 is 17.4 Å². The molecule has 0 bridgehead atoms. The lowest BCUT2D eigenvalue weighted by Gasteiger charge is -2.30. The van der Waals surface area contributed by atoms with Gasteiger partial charge in [-0.2, -0.15) is 0 Å². The van der Waals surface area contributed by atoms with Crippen molar-refractivity contribution in [1.82, 2.24) is 0 Å². The highest BCUT2D eigenvalue weighted by molar-refractivity contribution is 6.30. The highest BCUT2D eigenvalue weighted by Crippen LogP contribution is 2.37. The van der Waals surface area contributed by atoms with Crippen molar-refractivity contribution in [3.63, 3.8) is 0 Å². The molecular formula is C19H19ClO. The highest BCUT2D eigenvalue weighted by Gasteiger charge is 2.26. The summed E-state index contributed by atoms with van der Waals surface area (Å²) >= 11 is 6.01. The van der Waals surface area contributed by atoms with E-state index in [1.807, 2.05) is 30.3 Å². The zero-order valence-corrected chi connectivity index (χ0v) is 12.9. The summed E-state index contributed by atoms with van der Waals surface area (Å²) in [7, 11) is 0. The van der Waals surface area contributed by atoms with E-state index in [4.69, 9.17) is 16.3 Å². The van der Waals surface area contributed by atoms with E-state index in [-0.39, 0.29) is 0 Å². The molecule has 1 aliphatic rings. The van der Waals surface area contributed by atoms with E-state index in [0.29, 0.717) is 11.8 Å². The molecule has 2 atom stereocenters. The fourth-order valence-electron chi connectivity index (χ4n) is 2.85. The Morgan fingerprint density at radius 3 is 2.43 bits per heavy atom. The van der Waals surface area contributed by atoms with Gasteiger partial charge in [-0.25, -0.2) is 0 Å². The largest absolute Gasteiger partial charge is 0.493 e. The summed E-state index contributed by atoms with van der Waals surface area (Å²) in [6.07, 6.45) is 3.36. The fraction of sp³-hybridized carbons (Fsp3) is 0.263. The van der Waals surface area contributed by atoms with Gasteiger partial charge < -0.3 is 4.74 Å². The van der Waals surface area contributed by atoms with Crippen LogP contribution in [0.1, 0.15) is 30.4 Å². The molecule has 108 valence electrons. The van der Waals surface area contributed by atoms with Gasteiger partial charge in [-0.15, -0.1) is 0 Å². The molecule has 0 unspecified atom stereocenters. The van der Waals surface area contributed by atoms with Gasteiger partial charge in [0.05, 0.1) is 6.61 Å². The average molecular weight is 299 g/mol. The average Bonchev–Trinajstić information content (AvgIpc) is 2.56. The van der Waals surface area contributed by atoms with Gasteiger partial charge in [0, 0.05) is 22.4 Å². The third-order valence-corrected chi connectivity index (χ3v) is 4.38. The Hall–Kier alpha value is -1.73. The first-order valence-corrected chi connectivity index (χ1v) is 7.81. The number of rotatable bonds is 3. The van der Waals surface area contributed by atoms with Gasteiger partial charge in [-0.3, -0.25) is 0 Å². The van der Waals surface area contributed by atoms with E-state index in [9.17, 15) is 0 Å². The lowest BCUT2D eigenvalue weighted by atomic mass is 9.82. The maximum absolute atomic E-state index is 6.01. The predicted molar refractivity (Wildman–Crippen MR) is 88.3 cm³/mol. The minimum absolute atomic E-state index is 0.385. The van der Waals surface area contributed by atoms with Gasteiger partial charge in [0.15, 0.2) is 0 Å². The maximum Gasteiger partial charge on any atom is 0.123 e. The van der Waals surface area contributed by atoms with E-state index >= 15 is 0 Å². The standard InChI is InChI=1S/C19H19ClO/c1-2-14-13-21-19(16-6-4-3-5-7-16)12-18(14)15-8-10-17(20)11-9-15/h3-12,14,18H,2,13H2,1H3/t14-,18-/m1/s1. The van der Waals surface area contributed by atoms with E-state index in [1.165, 1.54) is 5.56 Å². The number of ether oxygens (including phenoxy) is 1. The monoisotopic (exact) mass is 298 g/mol. The molecule has 21 heavy (non-hydrogen) atoms. The number of benzene rings is 2. The lowest BCUT2D eigenvalue weighted by Crippen LogP contribution is -2.21. The number of halogens is 1. The van der Waals surface area contributed by atoms with E-state index < -0.39 is 0 Å². The first-order chi connectivity index (χ1) is 10.3. The molecule has 0 spiro atoms. The number of hydrogen-bond acceptors (Lipinski definition) is 1. The smallest absolute Gasteiger partial charge is 0.123 e. The Kier molecular flexibility index (Phi) is 4.31. The van der Waals surface area contributed by atoms with Crippen LogP contribution < -0.4 is 0 Å². The van der Waals surface area contributed by atoms with Crippen molar-refractivity contribution in [1.29, 1.82) is 0 Å². The van der Waals surface area contributed by atoms with Crippen molar-refractivity contribution in [3.8, 4) is 0 Å². The van der Waals surface area contributed by atoms with Crippen LogP contribution in [0.5, 0.6) is 0 Å². The molecule has 2 aromatic carbocycles. The second kappa shape index (κ2) is 6.36. The summed E-state index contributed by atoms with van der Waals surface area (Å²) in [6, 6.07) is 18.5. The molecule has 0 saturated carbocycles. The van der Waals surface area contributed by atoms with Crippen LogP contribution >= 0.6 is 11.6 Å². The van der Waals surface area contributed by atoms with Crippen molar-refractivity contribution in [2.45, 2.75) is 19.3 Å². The Morgan fingerprint density at radius 2 is 1.76 bits per heavy atom.